The molecule has 8 heteroatoms. The molecule has 3 aromatic rings. The Kier molecular flexibility index (Phi) is 5.61. The van der Waals surface area contributed by atoms with E-state index in [1.54, 1.807) is 29.6 Å². The minimum absolute atomic E-state index is 0.0662. The Morgan fingerprint density at radius 3 is 2.59 bits per heavy atom. The summed E-state index contributed by atoms with van der Waals surface area (Å²) in [7, 11) is 0. The second-order valence-electron chi connectivity index (χ2n) is 7.55. The Morgan fingerprint density at radius 1 is 1.14 bits per heavy atom. The molecule has 6 nitrogen and oxygen atoms in total. The van der Waals surface area contributed by atoms with Crippen LogP contribution >= 0.6 is 22.9 Å². The topological polar surface area (TPSA) is 64.3 Å². The van der Waals surface area contributed by atoms with Crippen LogP contribution in [0.4, 0.5) is 0 Å². The van der Waals surface area contributed by atoms with Crippen LogP contribution in [0.15, 0.2) is 45.3 Å². The molecule has 0 radical (unpaired) electrons. The van der Waals surface area contributed by atoms with Gasteiger partial charge in [-0.05, 0) is 41.8 Å². The van der Waals surface area contributed by atoms with Gasteiger partial charge in [0.25, 0.3) is 5.56 Å². The first-order chi connectivity index (χ1) is 14.0. The lowest BCUT2D eigenvalue weighted by molar-refractivity contribution is -0.133. The molecule has 3 heterocycles. The summed E-state index contributed by atoms with van der Waals surface area (Å²) < 4.78 is 3.06. The largest absolute Gasteiger partial charge is 0.341 e. The molecular weight excluding hydrogens is 410 g/mol. The average Bonchev–Trinajstić information content (AvgIpc) is 3.20. The summed E-state index contributed by atoms with van der Waals surface area (Å²) in [4.78, 5) is 40.8. The minimum atomic E-state index is -0.487. The number of carbonyl (C=O) groups excluding carboxylic acids is 1. The van der Waals surface area contributed by atoms with Crippen LogP contribution in [0.3, 0.4) is 0 Å². The number of hydrogen-bond donors (Lipinski definition) is 0. The van der Waals surface area contributed by atoms with E-state index in [4.69, 9.17) is 11.6 Å². The monoisotopic (exact) mass is 431 g/mol. The molecular formula is C21H22ClN3O3S. The van der Waals surface area contributed by atoms with Crippen molar-refractivity contribution in [2.45, 2.75) is 32.9 Å². The van der Waals surface area contributed by atoms with Gasteiger partial charge in [0.05, 0.1) is 12.1 Å². The van der Waals surface area contributed by atoms with Crippen LogP contribution in [0.5, 0.6) is 0 Å². The molecule has 0 N–H and O–H groups in total. The van der Waals surface area contributed by atoms with E-state index in [1.807, 2.05) is 11.0 Å². The third-order valence-corrected chi connectivity index (χ3v) is 6.81. The van der Waals surface area contributed by atoms with Crippen LogP contribution < -0.4 is 11.2 Å². The van der Waals surface area contributed by atoms with Gasteiger partial charge in [-0.2, -0.15) is 0 Å². The maximum Gasteiger partial charge on any atom is 0.332 e. The Balaban J connectivity index is 1.73. The van der Waals surface area contributed by atoms with E-state index < -0.39 is 5.69 Å². The molecule has 0 atom stereocenters. The van der Waals surface area contributed by atoms with Gasteiger partial charge < -0.3 is 4.90 Å². The molecule has 4 rings (SSSR count). The fourth-order valence-electron chi connectivity index (χ4n) is 3.72. The normalized spacial score (nSPS) is 15.2. The summed E-state index contributed by atoms with van der Waals surface area (Å²) in [6, 6.07) is 8.86. The first-order valence-corrected chi connectivity index (χ1v) is 10.9. The molecule has 1 amide bonds. The highest BCUT2D eigenvalue weighted by Gasteiger charge is 2.23. The average molecular weight is 432 g/mol. The second kappa shape index (κ2) is 8.16. The molecule has 1 saturated heterocycles. The van der Waals surface area contributed by atoms with Crippen molar-refractivity contribution in [2.75, 3.05) is 13.1 Å². The molecule has 29 heavy (non-hydrogen) atoms. The molecule has 152 valence electrons. The van der Waals surface area contributed by atoms with E-state index in [1.165, 1.54) is 20.5 Å². The van der Waals surface area contributed by atoms with Crippen molar-refractivity contribution in [3.8, 4) is 0 Å². The lowest BCUT2D eigenvalue weighted by Gasteiger charge is -2.30. The van der Waals surface area contributed by atoms with Gasteiger partial charge in [0.1, 0.15) is 11.2 Å². The maximum atomic E-state index is 13.2. The number of likely N-dealkylation sites (tertiary alicyclic amines) is 1. The number of piperidine rings is 1. The highest BCUT2D eigenvalue weighted by molar-refractivity contribution is 7.17. The van der Waals surface area contributed by atoms with E-state index in [-0.39, 0.29) is 24.6 Å². The number of fused-ring (bicyclic) bond motifs is 1. The molecule has 0 aliphatic carbocycles. The number of carbonyl (C=O) groups is 1. The number of thiophene rings is 1. The molecule has 0 spiro atoms. The van der Waals surface area contributed by atoms with Gasteiger partial charge in [0.2, 0.25) is 5.91 Å². The Bertz CT molecular complexity index is 1170. The highest BCUT2D eigenvalue weighted by Crippen LogP contribution is 2.19. The van der Waals surface area contributed by atoms with Crippen molar-refractivity contribution >= 4 is 39.1 Å². The summed E-state index contributed by atoms with van der Waals surface area (Å²) in [6.45, 7) is 3.61. The van der Waals surface area contributed by atoms with E-state index >= 15 is 0 Å². The van der Waals surface area contributed by atoms with Gasteiger partial charge in [0, 0.05) is 18.1 Å². The van der Waals surface area contributed by atoms with Crippen molar-refractivity contribution in [3.05, 3.63) is 67.1 Å². The standard InChI is InChI=1S/C21H22ClN3O3S/c1-14-6-9-23(10-7-14)18(26)13-24-17-8-11-29-19(17)20(27)25(21(24)28)12-15-4-2-3-5-16(15)22/h2-5,8,11,14H,6-7,9-10,12-13H2,1H3. The molecule has 1 aliphatic heterocycles. The summed E-state index contributed by atoms with van der Waals surface area (Å²) in [5.74, 6) is 0.525. The van der Waals surface area contributed by atoms with E-state index in [0.29, 0.717) is 39.8 Å². The van der Waals surface area contributed by atoms with Crippen LogP contribution in [0.25, 0.3) is 10.2 Å². The predicted octanol–water partition coefficient (Wildman–Crippen LogP) is 3.18. The predicted molar refractivity (Wildman–Crippen MR) is 116 cm³/mol. The molecule has 0 bridgehead atoms. The van der Waals surface area contributed by atoms with Crippen molar-refractivity contribution in [1.29, 1.82) is 0 Å². The summed E-state index contributed by atoms with van der Waals surface area (Å²) in [6.07, 6.45) is 1.95. The van der Waals surface area contributed by atoms with Crippen LogP contribution in [-0.4, -0.2) is 33.0 Å². The lowest BCUT2D eigenvalue weighted by atomic mass is 9.99. The number of rotatable bonds is 4. The summed E-state index contributed by atoms with van der Waals surface area (Å²) >= 11 is 7.51. The Morgan fingerprint density at radius 2 is 1.86 bits per heavy atom. The molecule has 0 saturated carbocycles. The Labute approximate surface area is 176 Å². The summed E-state index contributed by atoms with van der Waals surface area (Å²) in [5, 5.41) is 2.27. The van der Waals surface area contributed by atoms with Gasteiger partial charge in [0.15, 0.2) is 0 Å². The zero-order valence-electron chi connectivity index (χ0n) is 16.1. The molecule has 1 aliphatic rings. The zero-order valence-corrected chi connectivity index (χ0v) is 17.7. The van der Waals surface area contributed by atoms with Crippen molar-refractivity contribution in [3.63, 3.8) is 0 Å². The molecule has 1 aromatic carbocycles. The van der Waals surface area contributed by atoms with E-state index in [0.717, 1.165) is 12.8 Å². The first kappa shape index (κ1) is 19.9. The van der Waals surface area contributed by atoms with Gasteiger partial charge in [-0.1, -0.05) is 36.7 Å². The number of nitrogens with zero attached hydrogens (tertiary/aromatic N) is 3. The fourth-order valence-corrected chi connectivity index (χ4v) is 4.75. The van der Waals surface area contributed by atoms with E-state index in [9.17, 15) is 14.4 Å². The molecule has 1 fully saturated rings. The van der Waals surface area contributed by atoms with Crippen LogP contribution in [0, 0.1) is 5.92 Å². The first-order valence-electron chi connectivity index (χ1n) is 9.67. The van der Waals surface area contributed by atoms with Gasteiger partial charge in [-0.15, -0.1) is 11.3 Å². The van der Waals surface area contributed by atoms with Crippen molar-refractivity contribution in [1.82, 2.24) is 14.0 Å². The number of benzene rings is 1. The van der Waals surface area contributed by atoms with Gasteiger partial charge >= 0.3 is 5.69 Å². The number of halogens is 1. The fraction of sp³-hybridized carbons (Fsp3) is 0.381. The Hall–Kier alpha value is -2.38. The van der Waals surface area contributed by atoms with Crippen LogP contribution in [-0.2, 0) is 17.9 Å². The molecule has 0 unspecified atom stereocenters. The second-order valence-corrected chi connectivity index (χ2v) is 8.87. The summed E-state index contributed by atoms with van der Waals surface area (Å²) in [5.41, 5.74) is 0.362. The quantitative estimate of drug-likeness (QED) is 0.637. The third kappa shape index (κ3) is 3.89. The maximum absolute atomic E-state index is 13.2. The van der Waals surface area contributed by atoms with Crippen molar-refractivity contribution in [2.24, 2.45) is 5.92 Å². The zero-order chi connectivity index (χ0) is 20.5. The smallest absolute Gasteiger partial charge is 0.332 e. The number of amides is 1. The third-order valence-electron chi connectivity index (χ3n) is 5.55. The van der Waals surface area contributed by atoms with E-state index in [2.05, 4.69) is 6.92 Å². The van der Waals surface area contributed by atoms with Crippen molar-refractivity contribution < 1.29 is 4.79 Å². The number of aromatic nitrogens is 2. The molecule has 2 aromatic heterocycles. The SMILES string of the molecule is CC1CCN(C(=O)Cn2c(=O)n(Cc3ccccc3Cl)c(=O)c3sccc32)CC1. The minimum Gasteiger partial charge on any atom is -0.341 e. The number of hydrogen-bond acceptors (Lipinski definition) is 4. The van der Waals surface area contributed by atoms with Gasteiger partial charge in [-0.3, -0.25) is 18.7 Å². The van der Waals surface area contributed by atoms with Crippen LogP contribution in [0.2, 0.25) is 5.02 Å². The highest BCUT2D eigenvalue weighted by atomic mass is 35.5. The van der Waals surface area contributed by atoms with Gasteiger partial charge in [-0.25, -0.2) is 4.79 Å². The van der Waals surface area contributed by atoms with Crippen LogP contribution in [0.1, 0.15) is 25.3 Å². The lowest BCUT2D eigenvalue weighted by Crippen LogP contribution is -2.45.